The second kappa shape index (κ2) is 6.89. The minimum atomic E-state index is -0.182. The molecule has 0 spiro atoms. The summed E-state index contributed by atoms with van der Waals surface area (Å²) in [7, 11) is 1.82. The topological polar surface area (TPSA) is 33.5 Å². The summed E-state index contributed by atoms with van der Waals surface area (Å²) in [5, 5.41) is 0.931. The Morgan fingerprint density at radius 1 is 0.808 bits per heavy atom. The molecule has 4 rings (SSSR count). The van der Waals surface area contributed by atoms with Crippen LogP contribution in [0, 0.1) is 0 Å². The van der Waals surface area contributed by atoms with E-state index in [-0.39, 0.29) is 11.9 Å². The second-order valence-corrected chi connectivity index (χ2v) is 6.29. The van der Waals surface area contributed by atoms with Crippen LogP contribution in [-0.4, -0.2) is 17.9 Å². The van der Waals surface area contributed by atoms with E-state index >= 15 is 0 Å². The highest BCUT2D eigenvalue weighted by molar-refractivity contribution is 5.96. The zero-order chi connectivity index (χ0) is 17.9. The van der Waals surface area contributed by atoms with Gasteiger partial charge in [0.1, 0.15) is 5.58 Å². The molecule has 0 radical (unpaired) electrons. The number of furan rings is 1. The molecule has 1 amide bonds. The first kappa shape index (κ1) is 16.2. The molecule has 0 atom stereocenters. The highest BCUT2D eigenvalue weighted by Gasteiger charge is 2.26. The maximum absolute atomic E-state index is 13.1. The Morgan fingerprint density at radius 2 is 1.35 bits per heavy atom. The smallest absolute Gasteiger partial charge is 0.290 e. The quantitative estimate of drug-likeness (QED) is 0.505. The molecule has 0 aliphatic rings. The number of hydrogen-bond acceptors (Lipinski definition) is 2. The van der Waals surface area contributed by atoms with E-state index in [4.69, 9.17) is 4.42 Å². The molecule has 1 aromatic heterocycles. The fraction of sp³-hybridized carbons (Fsp3) is 0.0870. The number of carbonyl (C=O) groups is 1. The standard InChI is InChI=1S/C23H19NO2/c1-24(23(25)21-16-19-14-8-9-15-20(19)26-21)22(17-10-4-2-5-11-17)18-12-6-3-7-13-18/h2-16,22H,1H3. The lowest BCUT2D eigenvalue weighted by Gasteiger charge is -2.28. The Hall–Kier alpha value is -3.33. The van der Waals surface area contributed by atoms with Crippen molar-refractivity contribution in [2.45, 2.75) is 6.04 Å². The third kappa shape index (κ3) is 3.00. The Morgan fingerprint density at radius 3 is 1.92 bits per heavy atom. The average Bonchev–Trinajstić information content (AvgIpc) is 3.13. The number of carbonyl (C=O) groups excluding carboxylic acids is 1. The van der Waals surface area contributed by atoms with Crippen molar-refractivity contribution in [3.8, 4) is 0 Å². The van der Waals surface area contributed by atoms with Crippen LogP contribution in [0.4, 0.5) is 0 Å². The number of nitrogens with zero attached hydrogens (tertiary/aromatic N) is 1. The third-order valence-electron chi connectivity index (χ3n) is 4.57. The zero-order valence-electron chi connectivity index (χ0n) is 14.5. The number of benzene rings is 3. The van der Waals surface area contributed by atoms with Crippen LogP contribution < -0.4 is 0 Å². The molecule has 0 aliphatic heterocycles. The van der Waals surface area contributed by atoms with E-state index in [1.54, 1.807) is 11.0 Å². The summed E-state index contributed by atoms with van der Waals surface area (Å²) < 4.78 is 5.78. The van der Waals surface area contributed by atoms with Gasteiger partial charge in [-0.15, -0.1) is 0 Å². The first-order valence-corrected chi connectivity index (χ1v) is 8.59. The van der Waals surface area contributed by atoms with E-state index in [1.165, 1.54) is 0 Å². The van der Waals surface area contributed by atoms with Crippen molar-refractivity contribution in [3.05, 3.63) is 108 Å². The van der Waals surface area contributed by atoms with Crippen LogP contribution in [0.5, 0.6) is 0 Å². The lowest BCUT2D eigenvalue weighted by molar-refractivity contribution is 0.0725. The summed E-state index contributed by atoms with van der Waals surface area (Å²) in [6.45, 7) is 0. The maximum atomic E-state index is 13.1. The summed E-state index contributed by atoms with van der Waals surface area (Å²) in [6.07, 6.45) is 0. The monoisotopic (exact) mass is 341 g/mol. The molecule has 0 fully saturated rings. The van der Waals surface area contributed by atoms with Crippen LogP contribution >= 0.6 is 0 Å². The van der Waals surface area contributed by atoms with Gasteiger partial charge in [0.25, 0.3) is 5.91 Å². The first-order valence-electron chi connectivity index (χ1n) is 8.59. The summed E-state index contributed by atoms with van der Waals surface area (Å²) in [5.41, 5.74) is 2.84. The van der Waals surface area contributed by atoms with Gasteiger partial charge in [-0.05, 0) is 23.3 Å². The van der Waals surface area contributed by atoms with Gasteiger partial charge in [-0.25, -0.2) is 0 Å². The van der Waals surface area contributed by atoms with E-state index in [2.05, 4.69) is 0 Å². The lowest BCUT2D eigenvalue weighted by atomic mass is 9.97. The Bertz CT molecular complexity index is 949. The molecule has 0 saturated heterocycles. The number of fused-ring (bicyclic) bond motifs is 1. The largest absolute Gasteiger partial charge is 0.451 e. The van der Waals surface area contributed by atoms with Gasteiger partial charge in [0.2, 0.25) is 0 Å². The Labute approximate surface area is 152 Å². The van der Waals surface area contributed by atoms with Crippen LogP contribution in [0.25, 0.3) is 11.0 Å². The molecular formula is C23H19NO2. The fourth-order valence-corrected chi connectivity index (χ4v) is 3.29. The zero-order valence-corrected chi connectivity index (χ0v) is 14.5. The van der Waals surface area contributed by atoms with Gasteiger partial charge in [-0.1, -0.05) is 78.9 Å². The molecule has 1 heterocycles. The molecule has 0 N–H and O–H groups in total. The van der Waals surface area contributed by atoms with Crippen LogP contribution in [0.1, 0.15) is 27.7 Å². The molecule has 0 saturated carbocycles. The van der Waals surface area contributed by atoms with E-state index in [9.17, 15) is 4.79 Å². The van der Waals surface area contributed by atoms with Crippen molar-refractivity contribution in [1.29, 1.82) is 0 Å². The van der Waals surface area contributed by atoms with Crippen molar-refractivity contribution in [2.75, 3.05) is 7.05 Å². The van der Waals surface area contributed by atoms with Crippen LogP contribution in [0.3, 0.4) is 0 Å². The van der Waals surface area contributed by atoms with Crippen molar-refractivity contribution in [3.63, 3.8) is 0 Å². The van der Waals surface area contributed by atoms with Gasteiger partial charge in [0.05, 0.1) is 6.04 Å². The predicted octanol–water partition coefficient (Wildman–Crippen LogP) is 5.29. The van der Waals surface area contributed by atoms with Crippen LogP contribution in [0.2, 0.25) is 0 Å². The van der Waals surface area contributed by atoms with Gasteiger partial charge < -0.3 is 9.32 Å². The van der Waals surface area contributed by atoms with Gasteiger partial charge >= 0.3 is 0 Å². The van der Waals surface area contributed by atoms with Crippen molar-refractivity contribution in [1.82, 2.24) is 4.90 Å². The average molecular weight is 341 g/mol. The third-order valence-corrected chi connectivity index (χ3v) is 4.57. The van der Waals surface area contributed by atoms with Gasteiger partial charge in [-0.2, -0.15) is 0 Å². The van der Waals surface area contributed by atoms with Crippen molar-refractivity contribution < 1.29 is 9.21 Å². The van der Waals surface area contributed by atoms with E-state index in [0.29, 0.717) is 5.76 Å². The second-order valence-electron chi connectivity index (χ2n) is 6.29. The number of amides is 1. The Kier molecular flexibility index (Phi) is 4.28. The molecule has 0 aliphatic carbocycles. The van der Waals surface area contributed by atoms with Crippen LogP contribution in [-0.2, 0) is 0 Å². The SMILES string of the molecule is CN(C(=O)c1cc2ccccc2o1)C(c1ccccc1)c1ccccc1. The van der Waals surface area contributed by atoms with Gasteiger partial charge in [-0.3, -0.25) is 4.79 Å². The molecule has 0 unspecified atom stereocenters. The summed E-state index contributed by atoms with van der Waals surface area (Å²) in [5.74, 6) is 0.212. The van der Waals surface area contributed by atoms with Gasteiger partial charge in [0.15, 0.2) is 5.76 Å². The van der Waals surface area contributed by atoms with E-state index in [0.717, 1.165) is 22.1 Å². The first-order chi connectivity index (χ1) is 12.7. The molecule has 128 valence electrons. The lowest BCUT2D eigenvalue weighted by Crippen LogP contribution is -2.31. The summed E-state index contributed by atoms with van der Waals surface area (Å²) >= 11 is 0. The minimum Gasteiger partial charge on any atom is -0.451 e. The predicted molar refractivity (Wildman–Crippen MR) is 103 cm³/mol. The number of hydrogen-bond donors (Lipinski definition) is 0. The minimum absolute atomic E-state index is 0.140. The summed E-state index contributed by atoms with van der Waals surface area (Å²) in [4.78, 5) is 14.9. The maximum Gasteiger partial charge on any atom is 0.290 e. The number of rotatable bonds is 4. The van der Waals surface area contributed by atoms with Crippen LogP contribution in [0.15, 0.2) is 95.4 Å². The normalized spacial score (nSPS) is 11.0. The molecule has 3 heteroatoms. The molecule has 3 aromatic carbocycles. The fourth-order valence-electron chi connectivity index (χ4n) is 3.29. The van der Waals surface area contributed by atoms with Gasteiger partial charge in [0, 0.05) is 12.4 Å². The highest BCUT2D eigenvalue weighted by Crippen LogP contribution is 2.30. The molecule has 26 heavy (non-hydrogen) atoms. The van der Waals surface area contributed by atoms with E-state index < -0.39 is 0 Å². The molecule has 4 aromatic rings. The summed E-state index contributed by atoms with van der Waals surface area (Å²) in [6, 6.07) is 29.4. The number of para-hydroxylation sites is 1. The highest BCUT2D eigenvalue weighted by atomic mass is 16.3. The molecule has 0 bridgehead atoms. The Balaban J connectivity index is 1.74. The van der Waals surface area contributed by atoms with Crippen molar-refractivity contribution in [2.24, 2.45) is 0 Å². The molecular weight excluding hydrogens is 322 g/mol. The molecule has 3 nitrogen and oxygen atoms in total. The van der Waals surface area contributed by atoms with E-state index in [1.807, 2.05) is 92.0 Å². The van der Waals surface area contributed by atoms with Crippen molar-refractivity contribution >= 4 is 16.9 Å².